The van der Waals surface area contributed by atoms with E-state index in [2.05, 4.69) is 15.8 Å². The van der Waals surface area contributed by atoms with Crippen molar-refractivity contribution in [3.05, 3.63) is 12.0 Å². The number of rotatable bonds is 2. The fraction of sp³-hybridized carbons (Fsp3) is 0.692. The molecule has 0 bridgehead atoms. The van der Waals surface area contributed by atoms with Crippen molar-refractivity contribution < 1.29 is 9.32 Å². The lowest BCUT2D eigenvalue weighted by Gasteiger charge is -2.22. The Hall–Kier alpha value is -1.52. The van der Waals surface area contributed by atoms with Gasteiger partial charge >= 0.3 is 6.03 Å². The quantitative estimate of drug-likeness (QED) is 0.847. The Bertz CT molecular complexity index is 449. The van der Waals surface area contributed by atoms with Gasteiger partial charge in [-0.1, -0.05) is 24.4 Å². The Morgan fingerprint density at radius 1 is 1.44 bits per heavy atom. The number of nitrogens with zero attached hydrogens (tertiary/aromatic N) is 1. The molecule has 1 aromatic rings. The van der Waals surface area contributed by atoms with Crippen molar-refractivity contribution in [2.24, 2.45) is 5.41 Å². The lowest BCUT2D eigenvalue weighted by Crippen LogP contribution is -2.34. The zero-order valence-corrected chi connectivity index (χ0v) is 10.7. The van der Waals surface area contributed by atoms with Gasteiger partial charge in [0.15, 0.2) is 0 Å². The number of hydrogen-bond acceptors (Lipinski definition) is 3. The van der Waals surface area contributed by atoms with Crippen molar-refractivity contribution >= 4 is 11.7 Å². The van der Waals surface area contributed by atoms with E-state index in [0.29, 0.717) is 22.8 Å². The molecule has 1 aromatic heterocycles. The van der Waals surface area contributed by atoms with E-state index in [4.69, 9.17) is 4.52 Å². The van der Waals surface area contributed by atoms with E-state index in [9.17, 15) is 4.79 Å². The molecule has 0 unspecified atom stereocenters. The van der Waals surface area contributed by atoms with Gasteiger partial charge in [-0.15, -0.1) is 0 Å². The fourth-order valence-corrected chi connectivity index (χ4v) is 3.09. The number of carbonyl (C=O) groups excluding carboxylic acids is 1. The van der Waals surface area contributed by atoms with E-state index in [1.54, 1.807) is 6.92 Å². The first-order valence-electron chi connectivity index (χ1n) is 6.68. The molecule has 0 aliphatic heterocycles. The largest absolute Gasteiger partial charge is 0.362 e. The van der Waals surface area contributed by atoms with Crippen molar-refractivity contribution in [2.75, 3.05) is 5.32 Å². The van der Waals surface area contributed by atoms with Crippen LogP contribution in [0, 0.1) is 12.3 Å². The van der Waals surface area contributed by atoms with E-state index < -0.39 is 0 Å². The summed E-state index contributed by atoms with van der Waals surface area (Å²) in [7, 11) is 0. The van der Waals surface area contributed by atoms with Gasteiger partial charge in [-0.2, -0.15) is 0 Å². The molecule has 5 heteroatoms. The van der Waals surface area contributed by atoms with E-state index >= 15 is 0 Å². The van der Waals surface area contributed by atoms with Crippen molar-refractivity contribution in [3.63, 3.8) is 0 Å². The maximum absolute atomic E-state index is 11.8. The molecular weight excluding hydrogens is 230 g/mol. The Balaban J connectivity index is 1.52. The van der Waals surface area contributed by atoms with E-state index in [-0.39, 0.29) is 6.03 Å². The van der Waals surface area contributed by atoms with Gasteiger partial charge in [-0.05, 0) is 31.6 Å². The Morgan fingerprint density at radius 2 is 2.22 bits per heavy atom. The molecule has 2 saturated carbocycles. The highest BCUT2D eigenvalue weighted by Gasteiger charge is 2.54. The SMILES string of the molecule is Cc1nocc1NC(=O)N[C@H]1CC12CCCCC2. The molecule has 0 saturated heterocycles. The van der Waals surface area contributed by atoms with Gasteiger partial charge in [0, 0.05) is 6.04 Å². The minimum Gasteiger partial charge on any atom is -0.362 e. The van der Waals surface area contributed by atoms with Crippen LogP contribution in [0.15, 0.2) is 10.8 Å². The summed E-state index contributed by atoms with van der Waals surface area (Å²) in [5.41, 5.74) is 1.76. The standard InChI is InChI=1S/C13H19N3O2/c1-9-10(8-18-16-9)14-12(17)15-11-7-13(11)5-3-2-4-6-13/h8,11H,2-7H2,1H3,(H2,14,15,17)/t11-/m0/s1. The first-order chi connectivity index (χ1) is 8.70. The fourth-order valence-electron chi connectivity index (χ4n) is 3.09. The number of anilines is 1. The van der Waals surface area contributed by atoms with Gasteiger partial charge < -0.3 is 15.2 Å². The number of aryl methyl sites for hydroxylation is 1. The van der Waals surface area contributed by atoms with Gasteiger partial charge in [-0.3, -0.25) is 0 Å². The highest BCUT2D eigenvalue weighted by Crippen LogP contribution is 2.56. The van der Waals surface area contributed by atoms with Crippen molar-refractivity contribution in [3.8, 4) is 0 Å². The second-order valence-electron chi connectivity index (χ2n) is 5.59. The Kier molecular flexibility index (Phi) is 2.76. The predicted molar refractivity (Wildman–Crippen MR) is 67.3 cm³/mol. The number of hydrogen-bond donors (Lipinski definition) is 2. The summed E-state index contributed by atoms with van der Waals surface area (Å²) in [5.74, 6) is 0. The normalized spacial score (nSPS) is 24.8. The van der Waals surface area contributed by atoms with Gasteiger partial charge in [0.25, 0.3) is 0 Å². The van der Waals surface area contributed by atoms with E-state index in [1.165, 1.54) is 38.4 Å². The third kappa shape index (κ3) is 2.09. The average Bonchev–Trinajstić information content (AvgIpc) is 2.81. The summed E-state index contributed by atoms with van der Waals surface area (Å²) in [6.45, 7) is 1.80. The number of urea groups is 1. The molecule has 18 heavy (non-hydrogen) atoms. The molecule has 2 aliphatic carbocycles. The first kappa shape index (κ1) is 11.6. The van der Waals surface area contributed by atoms with Crippen LogP contribution in [0.4, 0.5) is 10.5 Å². The summed E-state index contributed by atoms with van der Waals surface area (Å²) in [5, 5.41) is 9.57. The molecular formula is C13H19N3O2. The molecule has 1 spiro atoms. The summed E-state index contributed by atoms with van der Waals surface area (Å²) >= 11 is 0. The summed E-state index contributed by atoms with van der Waals surface area (Å²) in [6.07, 6.45) is 9.10. The number of carbonyl (C=O) groups is 1. The second-order valence-corrected chi connectivity index (χ2v) is 5.59. The zero-order chi connectivity index (χ0) is 12.6. The van der Waals surface area contributed by atoms with Crippen LogP contribution in [-0.4, -0.2) is 17.2 Å². The molecule has 1 heterocycles. The third-order valence-electron chi connectivity index (χ3n) is 4.34. The maximum Gasteiger partial charge on any atom is 0.319 e. The monoisotopic (exact) mass is 249 g/mol. The Morgan fingerprint density at radius 3 is 2.89 bits per heavy atom. The number of nitrogens with one attached hydrogen (secondary N) is 2. The number of aromatic nitrogens is 1. The van der Waals surface area contributed by atoms with E-state index in [0.717, 1.165) is 6.42 Å². The van der Waals surface area contributed by atoms with Crippen LogP contribution in [-0.2, 0) is 0 Å². The predicted octanol–water partition coefficient (Wildman–Crippen LogP) is 2.83. The molecule has 5 nitrogen and oxygen atoms in total. The van der Waals surface area contributed by atoms with Crippen LogP contribution in [0.1, 0.15) is 44.2 Å². The molecule has 2 fully saturated rings. The lowest BCUT2D eigenvalue weighted by molar-refractivity contribution is 0.247. The maximum atomic E-state index is 11.8. The lowest BCUT2D eigenvalue weighted by atomic mass is 9.86. The molecule has 1 atom stereocenters. The molecule has 2 amide bonds. The van der Waals surface area contributed by atoms with Crippen LogP contribution >= 0.6 is 0 Å². The van der Waals surface area contributed by atoms with Gasteiger partial charge in [0.2, 0.25) is 0 Å². The summed E-state index contributed by atoms with van der Waals surface area (Å²) in [4.78, 5) is 11.8. The molecule has 3 rings (SSSR count). The van der Waals surface area contributed by atoms with Crippen LogP contribution in [0.3, 0.4) is 0 Å². The first-order valence-corrected chi connectivity index (χ1v) is 6.68. The molecule has 2 N–H and O–H groups in total. The smallest absolute Gasteiger partial charge is 0.319 e. The van der Waals surface area contributed by atoms with Gasteiger partial charge in [0.05, 0.1) is 0 Å². The summed E-state index contributed by atoms with van der Waals surface area (Å²) < 4.78 is 4.78. The van der Waals surface area contributed by atoms with Crippen molar-refractivity contribution in [1.29, 1.82) is 0 Å². The molecule has 98 valence electrons. The Labute approximate surface area is 106 Å². The molecule has 2 aliphatic rings. The minimum atomic E-state index is -0.145. The zero-order valence-electron chi connectivity index (χ0n) is 10.7. The summed E-state index contributed by atoms with van der Waals surface area (Å²) in [6, 6.07) is 0.215. The molecule has 0 aromatic carbocycles. The third-order valence-corrected chi connectivity index (χ3v) is 4.34. The van der Waals surface area contributed by atoms with E-state index in [1.807, 2.05) is 0 Å². The van der Waals surface area contributed by atoms with Gasteiger partial charge in [-0.25, -0.2) is 4.79 Å². The van der Waals surface area contributed by atoms with Crippen molar-refractivity contribution in [1.82, 2.24) is 10.5 Å². The van der Waals surface area contributed by atoms with Gasteiger partial charge in [0.1, 0.15) is 17.6 Å². The topological polar surface area (TPSA) is 67.2 Å². The highest BCUT2D eigenvalue weighted by molar-refractivity contribution is 5.90. The highest BCUT2D eigenvalue weighted by atomic mass is 16.5. The van der Waals surface area contributed by atoms with Crippen LogP contribution in [0.25, 0.3) is 0 Å². The second kappa shape index (κ2) is 4.30. The van der Waals surface area contributed by atoms with Crippen LogP contribution < -0.4 is 10.6 Å². The average molecular weight is 249 g/mol. The molecule has 0 radical (unpaired) electrons. The number of amides is 2. The van der Waals surface area contributed by atoms with Crippen LogP contribution in [0.2, 0.25) is 0 Å². The minimum absolute atomic E-state index is 0.145. The van der Waals surface area contributed by atoms with Crippen LogP contribution in [0.5, 0.6) is 0 Å². The van der Waals surface area contributed by atoms with Crippen molar-refractivity contribution in [2.45, 2.75) is 51.5 Å².